The van der Waals surface area contributed by atoms with E-state index in [9.17, 15) is 9.90 Å². The van der Waals surface area contributed by atoms with Gasteiger partial charge >= 0.3 is 5.63 Å². The summed E-state index contributed by atoms with van der Waals surface area (Å²) in [6.07, 6.45) is 1.43. The Morgan fingerprint density at radius 2 is 1.86 bits per heavy atom. The van der Waals surface area contributed by atoms with Crippen LogP contribution < -0.4 is 5.63 Å². The van der Waals surface area contributed by atoms with E-state index in [-0.39, 0.29) is 5.69 Å². The zero-order valence-corrected chi connectivity index (χ0v) is 11.3. The first-order valence-corrected chi connectivity index (χ1v) is 6.31. The number of azo groups is 1. The van der Waals surface area contributed by atoms with Gasteiger partial charge in [-0.15, -0.1) is 10.2 Å². The van der Waals surface area contributed by atoms with Crippen LogP contribution in [-0.4, -0.2) is 10.1 Å². The lowest BCUT2D eigenvalue weighted by Crippen LogP contribution is -1.98. The molecule has 1 N–H and O–H groups in total. The van der Waals surface area contributed by atoms with Gasteiger partial charge in [0.15, 0.2) is 5.69 Å². The van der Waals surface area contributed by atoms with Gasteiger partial charge in [-0.05, 0) is 18.2 Å². The third-order valence-electron chi connectivity index (χ3n) is 2.77. The lowest BCUT2D eigenvalue weighted by atomic mass is 10.1. The maximum atomic E-state index is 11.8. The van der Waals surface area contributed by atoms with E-state index in [2.05, 4.69) is 15.2 Å². The van der Waals surface area contributed by atoms with Gasteiger partial charge in [-0.3, -0.25) is 0 Å². The van der Waals surface area contributed by atoms with E-state index in [1.54, 1.807) is 36.4 Å². The lowest BCUT2D eigenvalue weighted by molar-refractivity contribution is 0.318. The predicted molar refractivity (Wildman–Crippen MR) is 77.6 cm³/mol. The summed E-state index contributed by atoms with van der Waals surface area (Å²) in [4.78, 5) is 15.7. The molecule has 3 aromatic rings. The third kappa shape index (κ3) is 2.61. The maximum absolute atomic E-state index is 11.8. The van der Waals surface area contributed by atoms with Crippen LogP contribution in [0.5, 0.6) is 5.95 Å². The smallest absolute Gasteiger partial charge is 0.367 e. The van der Waals surface area contributed by atoms with Gasteiger partial charge in [0.05, 0.1) is 11.6 Å². The minimum absolute atomic E-state index is 0.0124. The minimum atomic E-state index is -0.767. The molecule has 0 bridgehead atoms. The third-order valence-corrected chi connectivity index (χ3v) is 3.00. The van der Waals surface area contributed by atoms with Gasteiger partial charge < -0.3 is 9.52 Å². The van der Waals surface area contributed by atoms with Crippen molar-refractivity contribution in [1.29, 1.82) is 0 Å². The van der Waals surface area contributed by atoms with Crippen molar-refractivity contribution in [2.75, 3.05) is 0 Å². The van der Waals surface area contributed by atoms with Crippen LogP contribution in [0.2, 0.25) is 5.15 Å². The standard InChI is InChI=1S/C14H8ClN3O3/c15-11-6-5-8(7-16-11)17-18-12-9-3-1-2-4-10(9)13(19)21-14(12)20/h1-7,19H. The van der Waals surface area contributed by atoms with Crippen molar-refractivity contribution in [2.45, 2.75) is 0 Å². The largest absolute Gasteiger partial charge is 0.480 e. The van der Waals surface area contributed by atoms with Crippen molar-refractivity contribution in [3.63, 3.8) is 0 Å². The number of aromatic hydroxyl groups is 1. The second-order valence-electron chi connectivity index (χ2n) is 4.13. The Labute approximate surface area is 123 Å². The summed E-state index contributed by atoms with van der Waals surface area (Å²) in [6, 6.07) is 9.89. The van der Waals surface area contributed by atoms with E-state index >= 15 is 0 Å². The number of pyridine rings is 1. The molecule has 1 aromatic carbocycles. The highest BCUT2D eigenvalue weighted by Crippen LogP contribution is 2.30. The molecule has 0 radical (unpaired) electrons. The number of benzene rings is 1. The van der Waals surface area contributed by atoms with E-state index in [4.69, 9.17) is 16.0 Å². The number of fused-ring (bicyclic) bond motifs is 1. The monoisotopic (exact) mass is 301 g/mol. The van der Waals surface area contributed by atoms with Crippen LogP contribution >= 0.6 is 11.6 Å². The van der Waals surface area contributed by atoms with Crippen molar-refractivity contribution < 1.29 is 9.52 Å². The summed E-state index contributed by atoms with van der Waals surface area (Å²) in [5.74, 6) is -0.442. The zero-order valence-electron chi connectivity index (χ0n) is 10.5. The first kappa shape index (κ1) is 13.3. The fraction of sp³-hybridized carbons (Fsp3) is 0. The molecular weight excluding hydrogens is 294 g/mol. The quantitative estimate of drug-likeness (QED) is 0.573. The van der Waals surface area contributed by atoms with Gasteiger partial charge in [0, 0.05) is 5.39 Å². The summed E-state index contributed by atoms with van der Waals surface area (Å²) < 4.78 is 4.74. The molecule has 0 aliphatic heterocycles. The average Bonchev–Trinajstić information content (AvgIpc) is 2.49. The maximum Gasteiger partial charge on any atom is 0.367 e. The summed E-state index contributed by atoms with van der Waals surface area (Å²) in [5.41, 5.74) is -0.314. The van der Waals surface area contributed by atoms with E-state index in [1.165, 1.54) is 6.20 Å². The first-order chi connectivity index (χ1) is 10.1. The second kappa shape index (κ2) is 5.34. The molecule has 0 fully saturated rings. The summed E-state index contributed by atoms with van der Waals surface area (Å²) >= 11 is 5.67. The van der Waals surface area contributed by atoms with Crippen molar-refractivity contribution in [3.05, 3.63) is 58.2 Å². The predicted octanol–water partition coefficient (Wildman–Crippen LogP) is 3.96. The molecule has 6 nitrogen and oxygen atoms in total. The van der Waals surface area contributed by atoms with Gasteiger partial charge in [-0.25, -0.2) is 9.78 Å². The highest BCUT2D eigenvalue weighted by Gasteiger charge is 2.11. The Balaban J connectivity index is 2.12. The molecule has 0 spiro atoms. The number of nitrogens with zero attached hydrogens (tertiary/aromatic N) is 3. The van der Waals surface area contributed by atoms with Crippen molar-refractivity contribution in [2.24, 2.45) is 10.2 Å². The molecule has 21 heavy (non-hydrogen) atoms. The van der Waals surface area contributed by atoms with Crippen molar-refractivity contribution >= 4 is 33.7 Å². The Morgan fingerprint density at radius 1 is 1.10 bits per heavy atom. The number of aromatic nitrogens is 1. The van der Waals surface area contributed by atoms with E-state index in [1.807, 2.05) is 0 Å². The van der Waals surface area contributed by atoms with E-state index in [0.29, 0.717) is 21.6 Å². The number of hydrogen-bond donors (Lipinski definition) is 1. The van der Waals surface area contributed by atoms with Gasteiger partial charge in [0.2, 0.25) is 0 Å². The zero-order chi connectivity index (χ0) is 14.8. The normalized spacial score (nSPS) is 11.3. The van der Waals surface area contributed by atoms with Crippen molar-refractivity contribution in [3.8, 4) is 5.95 Å². The Hall–Kier alpha value is -2.73. The summed E-state index contributed by atoms with van der Waals surface area (Å²) in [6.45, 7) is 0. The Bertz CT molecular complexity index is 888. The minimum Gasteiger partial charge on any atom is -0.480 e. The van der Waals surface area contributed by atoms with Crippen LogP contribution in [0.3, 0.4) is 0 Å². The van der Waals surface area contributed by atoms with Crippen LogP contribution in [0.25, 0.3) is 10.8 Å². The molecule has 0 atom stereocenters. The van der Waals surface area contributed by atoms with Gasteiger partial charge in [-0.2, -0.15) is 0 Å². The van der Waals surface area contributed by atoms with E-state index < -0.39 is 11.6 Å². The molecule has 2 heterocycles. The molecule has 0 aliphatic rings. The molecule has 0 saturated heterocycles. The molecular formula is C14H8ClN3O3. The fourth-order valence-electron chi connectivity index (χ4n) is 1.81. The Kier molecular flexibility index (Phi) is 3.37. The number of halogens is 1. The molecule has 0 amide bonds. The Morgan fingerprint density at radius 3 is 2.57 bits per heavy atom. The molecule has 0 saturated carbocycles. The molecule has 2 aromatic heterocycles. The van der Waals surface area contributed by atoms with Crippen LogP contribution in [0.4, 0.5) is 11.4 Å². The lowest BCUT2D eigenvalue weighted by Gasteiger charge is -2.01. The topological polar surface area (TPSA) is 88.0 Å². The van der Waals surface area contributed by atoms with Gasteiger partial charge in [0.25, 0.3) is 5.95 Å². The van der Waals surface area contributed by atoms with Crippen LogP contribution in [-0.2, 0) is 0 Å². The fourth-order valence-corrected chi connectivity index (χ4v) is 1.92. The van der Waals surface area contributed by atoms with Gasteiger partial charge in [0.1, 0.15) is 10.8 Å². The van der Waals surface area contributed by atoms with Crippen LogP contribution in [0.1, 0.15) is 0 Å². The number of rotatable bonds is 2. The molecule has 3 rings (SSSR count). The first-order valence-electron chi connectivity index (χ1n) is 5.93. The van der Waals surface area contributed by atoms with Crippen molar-refractivity contribution in [1.82, 2.24) is 4.98 Å². The van der Waals surface area contributed by atoms with Gasteiger partial charge in [-0.1, -0.05) is 29.8 Å². The van der Waals surface area contributed by atoms with Crippen LogP contribution in [0.15, 0.2) is 62.0 Å². The SMILES string of the molecule is O=c1oc(O)c2ccccc2c1N=Nc1ccc(Cl)nc1. The highest BCUT2D eigenvalue weighted by atomic mass is 35.5. The average molecular weight is 302 g/mol. The highest BCUT2D eigenvalue weighted by molar-refractivity contribution is 6.29. The molecule has 0 unspecified atom stereocenters. The summed E-state index contributed by atoms with van der Waals surface area (Å²) in [5, 5.41) is 18.6. The molecule has 0 aliphatic carbocycles. The molecule has 104 valence electrons. The van der Waals surface area contributed by atoms with E-state index in [0.717, 1.165) is 0 Å². The second-order valence-corrected chi connectivity index (χ2v) is 4.52. The molecule has 7 heteroatoms. The van der Waals surface area contributed by atoms with Crippen LogP contribution in [0, 0.1) is 0 Å². The summed E-state index contributed by atoms with van der Waals surface area (Å²) in [7, 11) is 0. The number of hydrogen-bond acceptors (Lipinski definition) is 6.